The van der Waals surface area contributed by atoms with E-state index in [1.54, 1.807) is 13.0 Å². The zero-order valence-electron chi connectivity index (χ0n) is 14.3. The topological polar surface area (TPSA) is 51.2 Å². The summed E-state index contributed by atoms with van der Waals surface area (Å²) < 4.78 is 23.6. The van der Waals surface area contributed by atoms with Crippen molar-refractivity contribution in [3.63, 3.8) is 0 Å². The van der Waals surface area contributed by atoms with Crippen LogP contribution in [0.1, 0.15) is 22.8 Å². The van der Waals surface area contributed by atoms with E-state index in [4.69, 9.17) is 0 Å². The SMILES string of the molecule is CC(Cc1cc(-c2cccc(C=O)c2)c2ccccc2c1)S(C)(=O)=O. The van der Waals surface area contributed by atoms with Crippen molar-refractivity contribution in [1.82, 2.24) is 0 Å². The van der Waals surface area contributed by atoms with Crippen LogP contribution in [0.15, 0.2) is 60.7 Å². The van der Waals surface area contributed by atoms with Crippen LogP contribution in [0.5, 0.6) is 0 Å². The first-order valence-corrected chi connectivity index (χ1v) is 10.1. The average molecular weight is 352 g/mol. The molecule has 0 saturated carbocycles. The van der Waals surface area contributed by atoms with Crippen LogP contribution < -0.4 is 0 Å². The van der Waals surface area contributed by atoms with Crippen molar-refractivity contribution in [3.05, 3.63) is 71.8 Å². The molecule has 0 heterocycles. The molecule has 0 aliphatic carbocycles. The maximum atomic E-state index is 11.8. The Morgan fingerprint density at radius 1 is 1.00 bits per heavy atom. The summed E-state index contributed by atoms with van der Waals surface area (Å²) in [5.41, 5.74) is 3.56. The largest absolute Gasteiger partial charge is 0.298 e. The van der Waals surface area contributed by atoms with Gasteiger partial charge in [-0.05, 0) is 46.9 Å². The molecular weight excluding hydrogens is 332 g/mol. The predicted octanol–water partition coefficient (Wildman–Crippen LogP) is 4.29. The summed E-state index contributed by atoms with van der Waals surface area (Å²) in [4.78, 5) is 11.1. The number of carbonyl (C=O) groups excluding carboxylic acids is 1. The van der Waals surface area contributed by atoms with Crippen molar-refractivity contribution in [3.8, 4) is 11.1 Å². The van der Waals surface area contributed by atoms with Crippen LogP contribution in [0.3, 0.4) is 0 Å². The molecule has 1 atom stereocenters. The summed E-state index contributed by atoms with van der Waals surface area (Å²) in [6, 6.07) is 19.6. The fourth-order valence-corrected chi connectivity index (χ4v) is 3.49. The van der Waals surface area contributed by atoms with E-state index in [2.05, 4.69) is 0 Å². The molecule has 0 aliphatic heterocycles. The van der Waals surface area contributed by atoms with Crippen molar-refractivity contribution in [1.29, 1.82) is 0 Å². The Kier molecular flexibility index (Phi) is 4.73. The van der Waals surface area contributed by atoms with Crippen LogP contribution in [-0.4, -0.2) is 26.2 Å². The van der Waals surface area contributed by atoms with Gasteiger partial charge in [-0.25, -0.2) is 8.42 Å². The predicted molar refractivity (Wildman–Crippen MR) is 103 cm³/mol. The third kappa shape index (κ3) is 3.80. The summed E-state index contributed by atoms with van der Waals surface area (Å²) in [7, 11) is -3.09. The normalized spacial score (nSPS) is 12.9. The zero-order valence-corrected chi connectivity index (χ0v) is 15.1. The molecule has 3 rings (SSSR count). The van der Waals surface area contributed by atoms with E-state index in [0.29, 0.717) is 12.0 Å². The molecule has 0 aliphatic rings. The maximum Gasteiger partial charge on any atom is 0.150 e. The van der Waals surface area contributed by atoms with Crippen molar-refractivity contribution in [2.45, 2.75) is 18.6 Å². The summed E-state index contributed by atoms with van der Waals surface area (Å²) in [6.07, 6.45) is 2.57. The Labute approximate surface area is 148 Å². The standard InChI is InChI=1S/C21H20O3S/c1-15(25(2,23)24)10-17-12-18-7-3-4-9-20(18)21(13-17)19-8-5-6-16(11-19)14-22/h3-9,11-15H,10H2,1-2H3. The molecule has 4 heteroatoms. The van der Waals surface area contributed by atoms with Crippen molar-refractivity contribution < 1.29 is 13.2 Å². The van der Waals surface area contributed by atoms with E-state index in [0.717, 1.165) is 33.7 Å². The molecule has 0 fully saturated rings. The van der Waals surface area contributed by atoms with Crippen molar-refractivity contribution in [2.24, 2.45) is 0 Å². The second-order valence-electron chi connectivity index (χ2n) is 6.45. The Bertz CT molecular complexity index is 1040. The summed E-state index contributed by atoms with van der Waals surface area (Å²) in [5, 5.41) is 1.70. The number of carbonyl (C=O) groups is 1. The molecule has 3 aromatic carbocycles. The molecule has 0 N–H and O–H groups in total. The number of rotatable bonds is 5. The van der Waals surface area contributed by atoms with Gasteiger partial charge >= 0.3 is 0 Å². The van der Waals surface area contributed by atoms with Gasteiger partial charge < -0.3 is 0 Å². The molecule has 1 unspecified atom stereocenters. The average Bonchev–Trinajstić information content (AvgIpc) is 2.60. The van der Waals surface area contributed by atoms with E-state index >= 15 is 0 Å². The van der Waals surface area contributed by atoms with E-state index in [1.165, 1.54) is 6.26 Å². The van der Waals surface area contributed by atoms with Gasteiger partial charge in [-0.3, -0.25) is 4.79 Å². The molecule has 25 heavy (non-hydrogen) atoms. The van der Waals surface area contributed by atoms with Crippen LogP contribution in [0, 0.1) is 0 Å². The molecule has 3 nitrogen and oxygen atoms in total. The summed E-state index contributed by atoms with van der Waals surface area (Å²) in [5.74, 6) is 0. The fraction of sp³-hybridized carbons (Fsp3) is 0.190. The van der Waals surface area contributed by atoms with Crippen LogP contribution in [-0.2, 0) is 16.3 Å². The number of benzene rings is 3. The minimum absolute atomic E-state index is 0.442. The number of aldehydes is 1. The Morgan fingerprint density at radius 3 is 2.48 bits per heavy atom. The molecule has 0 radical (unpaired) electrons. The minimum Gasteiger partial charge on any atom is -0.298 e. The number of sulfone groups is 1. The second-order valence-corrected chi connectivity index (χ2v) is 8.92. The Balaban J connectivity index is 2.17. The molecule has 3 aromatic rings. The van der Waals surface area contributed by atoms with Gasteiger partial charge in [0, 0.05) is 11.8 Å². The summed E-state index contributed by atoms with van der Waals surface area (Å²) in [6.45, 7) is 1.73. The second kappa shape index (κ2) is 6.81. The smallest absolute Gasteiger partial charge is 0.150 e. The zero-order chi connectivity index (χ0) is 18.0. The van der Waals surface area contributed by atoms with Gasteiger partial charge in [0.15, 0.2) is 0 Å². The maximum absolute atomic E-state index is 11.8. The van der Waals surface area contributed by atoms with Gasteiger partial charge in [-0.2, -0.15) is 0 Å². The highest BCUT2D eigenvalue weighted by atomic mass is 32.2. The van der Waals surface area contributed by atoms with Gasteiger partial charge in [0.25, 0.3) is 0 Å². The van der Waals surface area contributed by atoms with Gasteiger partial charge in [0.2, 0.25) is 0 Å². The highest BCUT2D eigenvalue weighted by Crippen LogP contribution is 2.31. The van der Waals surface area contributed by atoms with Gasteiger partial charge in [0.05, 0.1) is 5.25 Å². The summed E-state index contributed by atoms with van der Waals surface area (Å²) >= 11 is 0. The fourth-order valence-electron chi connectivity index (χ4n) is 2.99. The highest BCUT2D eigenvalue weighted by Gasteiger charge is 2.16. The molecule has 128 valence electrons. The first-order chi connectivity index (χ1) is 11.9. The van der Waals surface area contributed by atoms with E-state index in [1.807, 2.05) is 54.6 Å². The van der Waals surface area contributed by atoms with Crippen LogP contribution in [0.2, 0.25) is 0 Å². The molecular formula is C21H20O3S. The Morgan fingerprint density at radius 2 is 1.76 bits per heavy atom. The quantitative estimate of drug-likeness (QED) is 0.644. The lowest BCUT2D eigenvalue weighted by atomic mass is 9.93. The molecule has 0 spiro atoms. The Hall–Kier alpha value is -2.46. The molecule has 0 saturated heterocycles. The molecule has 0 amide bonds. The van der Waals surface area contributed by atoms with E-state index in [-0.39, 0.29) is 0 Å². The monoisotopic (exact) mass is 352 g/mol. The number of hydrogen-bond donors (Lipinski definition) is 0. The number of fused-ring (bicyclic) bond motifs is 1. The molecule has 0 aromatic heterocycles. The van der Waals surface area contributed by atoms with E-state index in [9.17, 15) is 13.2 Å². The van der Waals surface area contributed by atoms with Crippen LogP contribution >= 0.6 is 0 Å². The first kappa shape index (κ1) is 17.4. The lowest BCUT2D eigenvalue weighted by Gasteiger charge is -2.14. The third-order valence-corrected chi connectivity index (χ3v) is 6.14. The third-order valence-electron chi connectivity index (χ3n) is 4.51. The lowest BCUT2D eigenvalue weighted by molar-refractivity contribution is 0.112. The van der Waals surface area contributed by atoms with Crippen molar-refractivity contribution in [2.75, 3.05) is 6.26 Å². The number of hydrogen-bond acceptors (Lipinski definition) is 3. The van der Waals surface area contributed by atoms with E-state index < -0.39 is 15.1 Å². The van der Waals surface area contributed by atoms with Crippen molar-refractivity contribution >= 4 is 26.9 Å². The first-order valence-electron chi connectivity index (χ1n) is 8.14. The van der Waals surface area contributed by atoms with Crippen LogP contribution in [0.25, 0.3) is 21.9 Å². The van der Waals surface area contributed by atoms with Gasteiger partial charge in [0.1, 0.15) is 16.1 Å². The highest BCUT2D eigenvalue weighted by molar-refractivity contribution is 7.91. The minimum atomic E-state index is -3.09. The van der Waals surface area contributed by atoms with Gasteiger partial charge in [-0.1, -0.05) is 54.6 Å². The van der Waals surface area contributed by atoms with Gasteiger partial charge in [-0.15, -0.1) is 0 Å². The lowest BCUT2D eigenvalue weighted by Crippen LogP contribution is -2.18. The van der Waals surface area contributed by atoms with Crippen LogP contribution in [0.4, 0.5) is 0 Å². The molecule has 0 bridgehead atoms.